The quantitative estimate of drug-likeness (QED) is 0.335. The first-order valence-corrected chi connectivity index (χ1v) is 3.42. The first-order chi connectivity index (χ1) is 5.66. The van der Waals surface area contributed by atoms with E-state index in [1.807, 2.05) is 0 Å². The van der Waals surface area contributed by atoms with Gasteiger partial charge in [-0.05, 0) is 6.07 Å². The number of phenols is 2. The third kappa shape index (κ3) is 0.887. The third-order valence-electron chi connectivity index (χ3n) is 1.71. The van der Waals surface area contributed by atoms with Crippen molar-refractivity contribution in [3.05, 3.63) is 17.7 Å². The summed E-state index contributed by atoms with van der Waals surface area (Å²) in [7, 11) is 0. The van der Waals surface area contributed by atoms with Crippen LogP contribution in [0.1, 0.15) is 5.56 Å². The van der Waals surface area contributed by atoms with Gasteiger partial charge in [-0.1, -0.05) is 0 Å². The summed E-state index contributed by atoms with van der Waals surface area (Å²) in [4.78, 5) is 10.8. The number of carbonyl (C=O) groups is 1. The van der Waals surface area contributed by atoms with Crippen molar-refractivity contribution in [2.75, 3.05) is 0 Å². The lowest BCUT2D eigenvalue weighted by atomic mass is 10.1. The molecule has 1 heterocycles. The molecule has 0 amide bonds. The van der Waals surface area contributed by atoms with Gasteiger partial charge in [0.25, 0.3) is 0 Å². The molecular formula is C8H6O4. The van der Waals surface area contributed by atoms with Crippen molar-refractivity contribution in [3.63, 3.8) is 0 Å². The van der Waals surface area contributed by atoms with Crippen molar-refractivity contribution in [2.45, 2.75) is 6.42 Å². The fourth-order valence-corrected chi connectivity index (χ4v) is 1.17. The van der Waals surface area contributed by atoms with Crippen LogP contribution < -0.4 is 4.74 Å². The maximum atomic E-state index is 10.8. The molecule has 0 spiro atoms. The van der Waals surface area contributed by atoms with Gasteiger partial charge in [0.1, 0.15) is 5.75 Å². The van der Waals surface area contributed by atoms with E-state index in [0.717, 1.165) is 0 Å². The fourth-order valence-electron chi connectivity index (χ4n) is 1.17. The molecule has 0 saturated carbocycles. The van der Waals surface area contributed by atoms with E-state index >= 15 is 0 Å². The standard InChI is InChI=1S/C8H6O4/c9-6-3-5-1-4(8(6)11)2-7(10)12-5/h1,3,9,11H,2H2. The molecule has 4 nitrogen and oxygen atoms in total. The lowest BCUT2D eigenvalue weighted by molar-refractivity contribution is -0.134. The van der Waals surface area contributed by atoms with E-state index in [4.69, 9.17) is 9.84 Å². The summed E-state index contributed by atoms with van der Waals surface area (Å²) < 4.78 is 4.72. The van der Waals surface area contributed by atoms with Crippen LogP contribution >= 0.6 is 0 Å². The van der Waals surface area contributed by atoms with Crippen LogP contribution in [0.25, 0.3) is 0 Å². The molecule has 1 aliphatic rings. The number of carbonyl (C=O) groups excluding carboxylic acids is 1. The van der Waals surface area contributed by atoms with Crippen LogP contribution in [0.5, 0.6) is 17.2 Å². The Morgan fingerprint density at radius 1 is 1.33 bits per heavy atom. The van der Waals surface area contributed by atoms with Crippen LogP contribution in [0.2, 0.25) is 0 Å². The topological polar surface area (TPSA) is 66.8 Å². The summed E-state index contributed by atoms with van der Waals surface area (Å²) in [6.45, 7) is 0. The fraction of sp³-hybridized carbons (Fsp3) is 0.125. The molecule has 0 radical (unpaired) electrons. The van der Waals surface area contributed by atoms with Crippen LogP contribution in [-0.4, -0.2) is 16.2 Å². The summed E-state index contributed by atoms with van der Waals surface area (Å²) in [5.74, 6) is -0.639. The first kappa shape index (κ1) is 6.97. The summed E-state index contributed by atoms with van der Waals surface area (Å²) in [6, 6.07) is 2.73. The Morgan fingerprint density at radius 3 is 2.83 bits per heavy atom. The predicted molar refractivity (Wildman–Crippen MR) is 39.1 cm³/mol. The molecule has 0 aliphatic carbocycles. The van der Waals surface area contributed by atoms with Gasteiger partial charge in [-0.3, -0.25) is 4.79 Å². The normalized spacial score (nSPS) is 14.2. The highest BCUT2D eigenvalue weighted by molar-refractivity contribution is 5.79. The highest BCUT2D eigenvalue weighted by Gasteiger charge is 2.20. The number of ether oxygens (including phenoxy) is 1. The van der Waals surface area contributed by atoms with Gasteiger partial charge in [0.05, 0.1) is 6.42 Å². The molecule has 2 bridgehead atoms. The van der Waals surface area contributed by atoms with Gasteiger partial charge in [0.2, 0.25) is 0 Å². The van der Waals surface area contributed by atoms with Crippen LogP contribution in [0, 0.1) is 0 Å². The third-order valence-corrected chi connectivity index (χ3v) is 1.71. The zero-order valence-corrected chi connectivity index (χ0v) is 6.07. The van der Waals surface area contributed by atoms with Gasteiger partial charge >= 0.3 is 5.97 Å². The van der Waals surface area contributed by atoms with Crippen molar-refractivity contribution in [1.82, 2.24) is 0 Å². The summed E-state index contributed by atoms with van der Waals surface area (Å²) in [5.41, 5.74) is 0.404. The van der Waals surface area contributed by atoms with E-state index in [1.54, 1.807) is 0 Å². The van der Waals surface area contributed by atoms with Crippen LogP contribution in [-0.2, 0) is 11.2 Å². The van der Waals surface area contributed by atoms with Crippen molar-refractivity contribution >= 4 is 5.97 Å². The molecule has 0 fully saturated rings. The summed E-state index contributed by atoms with van der Waals surface area (Å²) in [5, 5.41) is 18.3. The molecule has 1 aromatic carbocycles. The number of aromatic hydroxyl groups is 2. The zero-order chi connectivity index (χ0) is 8.72. The van der Waals surface area contributed by atoms with Gasteiger partial charge in [-0.15, -0.1) is 0 Å². The Bertz CT molecular complexity index is 353. The Morgan fingerprint density at radius 2 is 2.08 bits per heavy atom. The molecule has 62 valence electrons. The minimum atomic E-state index is -0.419. The molecule has 2 rings (SSSR count). The number of phenolic OH excluding ortho intramolecular Hbond substituents is 2. The van der Waals surface area contributed by atoms with Crippen LogP contribution in [0.4, 0.5) is 0 Å². The second kappa shape index (κ2) is 2.14. The minimum Gasteiger partial charge on any atom is -0.504 e. The maximum absolute atomic E-state index is 10.8. The number of benzene rings is 1. The van der Waals surface area contributed by atoms with Gasteiger partial charge in [0, 0.05) is 11.6 Å². The predicted octanol–water partition coefficient (Wildman–Crippen LogP) is 0.559. The van der Waals surface area contributed by atoms with Gasteiger partial charge < -0.3 is 14.9 Å². The Labute approximate surface area is 68.0 Å². The van der Waals surface area contributed by atoms with Crippen LogP contribution in [0.3, 0.4) is 0 Å². The lowest BCUT2D eigenvalue weighted by Gasteiger charge is -2.14. The molecule has 1 aromatic rings. The minimum absolute atomic E-state index is 0.00718. The molecule has 0 atom stereocenters. The van der Waals surface area contributed by atoms with E-state index in [2.05, 4.69) is 0 Å². The second-order valence-corrected chi connectivity index (χ2v) is 2.60. The zero-order valence-electron chi connectivity index (χ0n) is 6.07. The number of fused-ring (bicyclic) bond motifs is 2. The van der Waals surface area contributed by atoms with Crippen molar-refractivity contribution in [2.24, 2.45) is 0 Å². The van der Waals surface area contributed by atoms with Gasteiger partial charge in [-0.2, -0.15) is 0 Å². The average Bonchev–Trinajstić information content (AvgIpc) is 1.99. The molecular weight excluding hydrogens is 160 g/mol. The average molecular weight is 166 g/mol. The smallest absolute Gasteiger partial charge is 0.315 e. The summed E-state index contributed by atoms with van der Waals surface area (Å²) >= 11 is 0. The highest BCUT2D eigenvalue weighted by Crippen LogP contribution is 2.36. The van der Waals surface area contributed by atoms with Crippen LogP contribution in [0.15, 0.2) is 12.1 Å². The highest BCUT2D eigenvalue weighted by atomic mass is 16.5. The monoisotopic (exact) mass is 166 g/mol. The first-order valence-electron chi connectivity index (χ1n) is 3.42. The van der Waals surface area contributed by atoms with Crippen molar-refractivity contribution < 1.29 is 19.7 Å². The summed E-state index contributed by atoms with van der Waals surface area (Å²) in [6.07, 6.45) is 0.00718. The Kier molecular flexibility index (Phi) is 1.24. The lowest BCUT2D eigenvalue weighted by Crippen LogP contribution is -2.15. The number of hydrogen-bond donors (Lipinski definition) is 2. The maximum Gasteiger partial charge on any atom is 0.315 e. The Balaban J connectivity index is 2.61. The van der Waals surface area contributed by atoms with Crippen molar-refractivity contribution in [1.29, 1.82) is 0 Å². The molecule has 4 heteroatoms. The molecule has 2 N–H and O–H groups in total. The second-order valence-electron chi connectivity index (χ2n) is 2.60. The molecule has 0 unspecified atom stereocenters. The van der Waals surface area contributed by atoms with E-state index in [9.17, 15) is 9.90 Å². The molecule has 12 heavy (non-hydrogen) atoms. The van der Waals surface area contributed by atoms with E-state index in [-0.39, 0.29) is 23.7 Å². The number of hydrogen-bond acceptors (Lipinski definition) is 4. The largest absolute Gasteiger partial charge is 0.504 e. The van der Waals surface area contributed by atoms with E-state index in [1.165, 1.54) is 12.1 Å². The molecule has 0 saturated heterocycles. The molecule has 1 aliphatic heterocycles. The van der Waals surface area contributed by atoms with E-state index < -0.39 is 5.97 Å². The van der Waals surface area contributed by atoms with Crippen molar-refractivity contribution in [3.8, 4) is 17.2 Å². The van der Waals surface area contributed by atoms with Gasteiger partial charge in [0.15, 0.2) is 11.5 Å². The van der Waals surface area contributed by atoms with E-state index in [0.29, 0.717) is 5.56 Å². The van der Waals surface area contributed by atoms with Gasteiger partial charge in [-0.25, -0.2) is 0 Å². The SMILES string of the molecule is O=C1Cc2cc(cc(O)c2O)O1. The molecule has 0 aromatic heterocycles. The Hall–Kier alpha value is -1.71. The number of rotatable bonds is 0. The number of esters is 1.